The topological polar surface area (TPSA) is 47.2 Å². The number of esters is 1. The van der Waals surface area contributed by atoms with Crippen LogP contribution >= 0.6 is 0 Å². The molecular formula is C20H18ClNO3. The number of aromatic nitrogens is 1. The van der Waals surface area contributed by atoms with E-state index in [-0.39, 0.29) is 30.7 Å². The Morgan fingerprint density at radius 3 is 2.28 bits per heavy atom. The maximum absolute atomic E-state index is 12.5. The van der Waals surface area contributed by atoms with Crippen LogP contribution in [-0.4, -0.2) is 18.4 Å². The zero-order chi connectivity index (χ0) is 16.9. The largest absolute Gasteiger partial charge is 1.00 e. The lowest BCUT2D eigenvalue weighted by Gasteiger charge is -2.03. The van der Waals surface area contributed by atoms with Crippen molar-refractivity contribution in [1.29, 1.82) is 0 Å². The fourth-order valence-electron chi connectivity index (χ4n) is 2.53. The first-order valence-electron chi connectivity index (χ1n) is 7.85. The Morgan fingerprint density at radius 2 is 1.60 bits per heavy atom. The zero-order valence-electron chi connectivity index (χ0n) is 13.8. The Morgan fingerprint density at radius 1 is 0.920 bits per heavy atom. The summed E-state index contributed by atoms with van der Waals surface area (Å²) in [5, 5.41) is 2.16. The van der Waals surface area contributed by atoms with Gasteiger partial charge in [0, 0.05) is 17.7 Å². The lowest BCUT2D eigenvalue weighted by Crippen LogP contribution is -3.00. The third kappa shape index (κ3) is 4.43. The molecule has 3 aromatic rings. The van der Waals surface area contributed by atoms with Gasteiger partial charge in [-0.15, -0.1) is 0 Å². The van der Waals surface area contributed by atoms with Crippen LogP contribution in [0.4, 0.5) is 0 Å². The molecule has 2 aromatic carbocycles. The third-order valence-electron chi connectivity index (χ3n) is 3.80. The van der Waals surface area contributed by atoms with Crippen LogP contribution in [0.5, 0.6) is 0 Å². The number of pyridine rings is 1. The molecule has 3 rings (SSSR count). The monoisotopic (exact) mass is 355 g/mol. The molecule has 0 atom stereocenters. The number of halogens is 1. The second-order valence-corrected chi connectivity index (χ2v) is 5.46. The second kappa shape index (κ2) is 8.40. The smallest absolute Gasteiger partial charge is 0.338 e. The van der Waals surface area contributed by atoms with Crippen LogP contribution in [0.2, 0.25) is 0 Å². The SMILES string of the molecule is CCOC(=O)c1cc[n+](CC(=O)c2ccc3ccccc3c2)cc1.[Cl-]. The first-order chi connectivity index (χ1) is 11.7. The number of Topliss-reactive ketones (excluding diaryl/α,β-unsaturated/α-hetero) is 1. The Labute approximate surface area is 152 Å². The predicted molar refractivity (Wildman–Crippen MR) is 90.9 cm³/mol. The molecule has 0 N–H and O–H groups in total. The van der Waals surface area contributed by atoms with Gasteiger partial charge in [-0.25, -0.2) is 4.79 Å². The van der Waals surface area contributed by atoms with Gasteiger partial charge in [0.2, 0.25) is 12.3 Å². The van der Waals surface area contributed by atoms with Crippen LogP contribution in [0.15, 0.2) is 67.0 Å². The van der Waals surface area contributed by atoms with Crippen molar-refractivity contribution in [3.8, 4) is 0 Å². The predicted octanol–water partition coefficient (Wildman–Crippen LogP) is 0.191. The minimum atomic E-state index is -0.356. The van der Waals surface area contributed by atoms with Gasteiger partial charge in [-0.3, -0.25) is 4.79 Å². The molecule has 0 aliphatic heterocycles. The van der Waals surface area contributed by atoms with Crippen molar-refractivity contribution in [3.05, 3.63) is 78.1 Å². The number of ether oxygens (including phenoxy) is 1. The fraction of sp³-hybridized carbons (Fsp3) is 0.150. The first kappa shape index (κ1) is 18.6. The van der Waals surface area contributed by atoms with Crippen molar-refractivity contribution >= 4 is 22.5 Å². The van der Waals surface area contributed by atoms with Gasteiger partial charge in [0.25, 0.3) is 0 Å². The fourth-order valence-corrected chi connectivity index (χ4v) is 2.53. The number of nitrogens with zero attached hydrogens (tertiary/aromatic N) is 1. The standard InChI is InChI=1S/C20H18NO3.ClH/c1-2-24-20(23)16-9-11-21(12-10-16)14-19(22)18-8-7-15-5-3-4-6-17(15)13-18;/h3-13H,2,14H2,1H3;1H/q+1;/p-1. The molecular weight excluding hydrogens is 338 g/mol. The summed E-state index contributed by atoms with van der Waals surface area (Å²) in [5.41, 5.74) is 1.15. The molecule has 0 bridgehead atoms. The highest BCUT2D eigenvalue weighted by atomic mass is 35.5. The molecule has 0 amide bonds. The van der Waals surface area contributed by atoms with Crippen LogP contribution < -0.4 is 17.0 Å². The van der Waals surface area contributed by atoms with Gasteiger partial charge < -0.3 is 17.1 Å². The average Bonchev–Trinajstić information content (AvgIpc) is 2.62. The summed E-state index contributed by atoms with van der Waals surface area (Å²) in [4.78, 5) is 24.1. The molecule has 0 fully saturated rings. The lowest BCUT2D eigenvalue weighted by atomic mass is 10.0. The summed E-state index contributed by atoms with van der Waals surface area (Å²) in [6, 6.07) is 17.0. The molecule has 25 heavy (non-hydrogen) atoms. The summed E-state index contributed by atoms with van der Waals surface area (Å²) in [7, 11) is 0. The van der Waals surface area contributed by atoms with Gasteiger partial charge >= 0.3 is 5.97 Å². The molecule has 0 aliphatic rings. The number of ketones is 1. The van der Waals surface area contributed by atoms with Crippen LogP contribution in [0.3, 0.4) is 0 Å². The highest BCUT2D eigenvalue weighted by Gasteiger charge is 2.14. The summed E-state index contributed by atoms with van der Waals surface area (Å²) < 4.78 is 6.69. The van der Waals surface area contributed by atoms with Crippen molar-refractivity contribution in [2.24, 2.45) is 0 Å². The van der Waals surface area contributed by atoms with Gasteiger partial charge in [0.05, 0.1) is 12.2 Å². The van der Waals surface area contributed by atoms with E-state index in [0.717, 1.165) is 10.8 Å². The average molecular weight is 356 g/mol. The van der Waals surface area contributed by atoms with Crippen molar-refractivity contribution in [1.82, 2.24) is 0 Å². The quantitative estimate of drug-likeness (QED) is 0.373. The van der Waals surface area contributed by atoms with E-state index in [4.69, 9.17) is 4.74 Å². The molecule has 0 unspecified atom stereocenters. The van der Waals surface area contributed by atoms with E-state index in [2.05, 4.69) is 0 Å². The van der Waals surface area contributed by atoms with Crippen molar-refractivity contribution in [3.63, 3.8) is 0 Å². The lowest BCUT2D eigenvalue weighted by molar-refractivity contribution is -0.683. The Hall–Kier alpha value is -2.72. The van der Waals surface area contributed by atoms with Gasteiger partial charge in [0.1, 0.15) is 0 Å². The van der Waals surface area contributed by atoms with E-state index >= 15 is 0 Å². The van der Waals surface area contributed by atoms with E-state index < -0.39 is 0 Å². The number of rotatable bonds is 5. The van der Waals surface area contributed by atoms with Crippen LogP contribution in [-0.2, 0) is 11.3 Å². The molecule has 1 heterocycles. The molecule has 1 aromatic heterocycles. The second-order valence-electron chi connectivity index (χ2n) is 5.46. The summed E-state index contributed by atoms with van der Waals surface area (Å²) in [6.45, 7) is 2.33. The number of benzene rings is 2. The maximum atomic E-state index is 12.5. The van der Waals surface area contributed by atoms with Gasteiger partial charge in [0.15, 0.2) is 12.4 Å². The van der Waals surface area contributed by atoms with Crippen molar-refractivity contribution in [2.45, 2.75) is 13.5 Å². The molecule has 4 nitrogen and oxygen atoms in total. The third-order valence-corrected chi connectivity index (χ3v) is 3.80. The maximum Gasteiger partial charge on any atom is 0.338 e. The van der Waals surface area contributed by atoms with E-state index in [0.29, 0.717) is 17.7 Å². The molecule has 0 saturated heterocycles. The molecule has 128 valence electrons. The summed E-state index contributed by atoms with van der Waals surface area (Å²) >= 11 is 0. The molecule has 0 spiro atoms. The molecule has 0 saturated carbocycles. The number of hydrogen-bond acceptors (Lipinski definition) is 3. The molecule has 0 aliphatic carbocycles. The minimum absolute atomic E-state index is 0. The van der Waals surface area contributed by atoms with E-state index in [1.54, 1.807) is 36.0 Å². The van der Waals surface area contributed by atoms with Crippen LogP contribution in [0.1, 0.15) is 27.6 Å². The first-order valence-corrected chi connectivity index (χ1v) is 7.85. The molecule has 5 heteroatoms. The number of carbonyl (C=O) groups is 2. The van der Waals surface area contributed by atoms with E-state index in [9.17, 15) is 9.59 Å². The Kier molecular flexibility index (Phi) is 6.25. The minimum Gasteiger partial charge on any atom is -1.00 e. The molecule has 0 radical (unpaired) electrons. The Bertz CT molecular complexity index is 891. The van der Waals surface area contributed by atoms with Gasteiger partial charge in [-0.05, 0) is 23.8 Å². The van der Waals surface area contributed by atoms with Crippen molar-refractivity contribution < 1.29 is 31.3 Å². The van der Waals surface area contributed by atoms with Crippen LogP contribution in [0.25, 0.3) is 10.8 Å². The van der Waals surface area contributed by atoms with Crippen LogP contribution in [0, 0.1) is 0 Å². The number of fused-ring (bicyclic) bond motifs is 1. The highest BCUT2D eigenvalue weighted by Crippen LogP contribution is 2.16. The van der Waals surface area contributed by atoms with Gasteiger partial charge in [-0.1, -0.05) is 36.4 Å². The Balaban J connectivity index is 0.00000225. The van der Waals surface area contributed by atoms with Gasteiger partial charge in [-0.2, -0.15) is 4.57 Å². The number of hydrogen-bond donors (Lipinski definition) is 0. The van der Waals surface area contributed by atoms with E-state index in [1.807, 2.05) is 42.5 Å². The zero-order valence-corrected chi connectivity index (χ0v) is 14.6. The normalized spacial score (nSPS) is 10.1. The summed E-state index contributed by atoms with van der Waals surface area (Å²) in [5.74, 6) is -0.333. The van der Waals surface area contributed by atoms with E-state index in [1.165, 1.54) is 0 Å². The summed E-state index contributed by atoms with van der Waals surface area (Å²) in [6.07, 6.45) is 3.43. The highest BCUT2D eigenvalue weighted by molar-refractivity contribution is 5.99. The van der Waals surface area contributed by atoms with Crippen molar-refractivity contribution in [2.75, 3.05) is 6.61 Å². The number of carbonyl (C=O) groups excluding carboxylic acids is 2.